The summed E-state index contributed by atoms with van der Waals surface area (Å²) >= 11 is 0. The molecule has 0 radical (unpaired) electrons. The molecular formula is C6H13NO3. The van der Waals surface area contributed by atoms with Gasteiger partial charge in [0.25, 0.3) is 0 Å². The molecule has 0 amide bonds. The Morgan fingerprint density at radius 3 is 2.80 bits per heavy atom. The van der Waals surface area contributed by atoms with Gasteiger partial charge in [-0.05, 0) is 6.42 Å². The molecule has 4 heteroatoms. The highest BCUT2D eigenvalue weighted by molar-refractivity contribution is 5.75. The van der Waals surface area contributed by atoms with Crippen LogP contribution in [0.3, 0.4) is 0 Å². The summed E-state index contributed by atoms with van der Waals surface area (Å²) in [4.78, 5) is 10.6. The lowest BCUT2D eigenvalue weighted by atomic mass is 10.3. The number of esters is 1. The number of hydrogen-bond donors (Lipinski definition) is 2. The number of nitrogens with two attached hydrogens (primary N) is 1. The summed E-state index contributed by atoms with van der Waals surface area (Å²) in [6.07, 6.45) is 0.768. The van der Waals surface area contributed by atoms with Gasteiger partial charge in [0.1, 0.15) is 6.04 Å². The Bertz CT molecular complexity index is 105. The highest BCUT2D eigenvalue weighted by atomic mass is 16.5. The molecule has 4 nitrogen and oxygen atoms in total. The first-order chi connectivity index (χ1) is 4.72. The predicted molar refractivity (Wildman–Crippen MR) is 36.3 cm³/mol. The van der Waals surface area contributed by atoms with Gasteiger partial charge in [0.15, 0.2) is 0 Å². The maximum Gasteiger partial charge on any atom is 0.325 e. The lowest BCUT2D eigenvalue weighted by Crippen LogP contribution is -2.35. The van der Waals surface area contributed by atoms with Crippen LogP contribution in [0.25, 0.3) is 0 Å². The highest BCUT2D eigenvalue weighted by Crippen LogP contribution is 1.85. The maximum absolute atomic E-state index is 10.6. The maximum atomic E-state index is 10.6. The van der Waals surface area contributed by atoms with Gasteiger partial charge < -0.3 is 15.6 Å². The average Bonchev–Trinajstić information content (AvgIpc) is 1.98. The van der Waals surface area contributed by atoms with Crippen LogP contribution >= 0.6 is 0 Å². The van der Waals surface area contributed by atoms with Gasteiger partial charge in [0.05, 0.1) is 13.2 Å². The molecule has 0 aliphatic carbocycles. The van der Waals surface area contributed by atoms with Crippen LogP contribution in [-0.2, 0) is 9.53 Å². The fourth-order valence-corrected chi connectivity index (χ4v) is 0.384. The Morgan fingerprint density at radius 2 is 2.40 bits per heavy atom. The zero-order chi connectivity index (χ0) is 7.98. The molecule has 1 atom stereocenters. The number of rotatable bonds is 4. The minimum atomic E-state index is -0.883. The molecule has 3 N–H and O–H groups in total. The Hall–Kier alpha value is -0.610. The normalized spacial score (nSPS) is 12.7. The molecule has 60 valence electrons. The molecule has 0 fully saturated rings. The minimum Gasteiger partial charge on any atom is -0.464 e. The topological polar surface area (TPSA) is 72.5 Å². The predicted octanol–water partition coefficient (Wildman–Crippen LogP) is -0.741. The molecule has 0 aromatic rings. The van der Waals surface area contributed by atoms with Gasteiger partial charge in [-0.3, -0.25) is 4.79 Å². The summed E-state index contributed by atoms with van der Waals surface area (Å²) in [5, 5.41) is 8.38. The van der Waals surface area contributed by atoms with Crippen LogP contribution in [0, 0.1) is 0 Å². The third-order valence-electron chi connectivity index (χ3n) is 0.948. The van der Waals surface area contributed by atoms with E-state index >= 15 is 0 Å². The number of carbonyl (C=O) groups is 1. The van der Waals surface area contributed by atoms with Crippen molar-refractivity contribution < 1.29 is 14.6 Å². The van der Waals surface area contributed by atoms with Crippen LogP contribution in [0.15, 0.2) is 0 Å². The van der Waals surface area contributed by atoms with E-state index in [9.17, 15) is 4.79 Å². The zero-order valence-corrected chi connectivity index (χ0v) is 6.04. The Balaban J connectivity index is 3.42. The van der Waals surface area contributed by atoms with Crippen molar-refractivity contribution in [1.82, 2.24) is 0 Å². The first kappa shape index (κ1) is 9.39. The molecule has 0 spiro atoms. The van der Waals surface area contributed by atoms with Crippen molar-refractivity contribution in [2.45, 2.75) is 19.4 Å². The molecule has 0 saturated carbocycles. The summed E-state index contributed by atoms with van der Waals surface area (Å²) < 4.78 is 4.62. The summed E-state index contributed by atoms with van der Waals surface area (Å²) in [5.41, 5.74) is 5.13. The van der Waals surface area contributed by atoms with E-state index < -0.39 is 12.0 Å². The van der Waals surface area contributed by atoms with E-state index in [-0.39, 0.29) is 6.61 Å². The number of aliphatic hydroxyl groups excluding tert-OH is 1. The summed E-state index contributed by atoms with van der Waals surface area (Å²) in [6.45, 7) is 1.90. The van der Waals surface area contributed by atoms with E-state index in [1.54, 1.807) is 0 Å². The van der Waals surface area contributed by atoms with E-state index in [1.165, 1.54) is 0 Å². The fourth-order valence-electron chi connectivity index (χ4n) is 0.384. The quantitative estimate of drug-likeness (QED) is 0.514. The molecule has 0 aromatic carbocycles. The molecule has 0 rings (SSSR count). The lowest BCUT2D eigenvalue weighted by Gasteiger charge is -2.06. The summed E-state index contributed by atoms with van der Waals surface area (Å²) in [6, 6.07) is -0.883. The van der Waals surface area contributed by atoms with E-state index in [4.69, 9.17) is 10.8 Å². The monoisotopic (exact) mass is 147 g/mol. The molecule has 0 heterocycles. The molecule has 10 heavy (non-hydrogen) atoms. The van der Waals surface area contributed by atoms with E-state index in [2.05, 4.69) is 4.74 Å². The minimum absolute atomic E-state index is 0.359. The second-order valence-electron chi connectivity index (χ2n) is 1.96. The SMILES string of the molecule is CCCOC(=O)[C@H](N)CO. The van der Waals surface area contributed by atoms with Gasteiger partial charge in [-0.2, -0.15) is 0 Å². The molecule has 0 bridgehead atoms. The number of carbonyl (C=O) groups excluding carboxylic acids is 1. The molecule has 0 aliphatic rings. The van der Waals surface area contributed by atoms with E-state index in [1.807, 2.05) is 6.92 Å². The molecule has 0 aromatic heterocycles. The summed E-state index contributed by atoms with van der Waals surface area (Å²) in [5.74, 6) is -0.538. The molecule has 0 aliphatic heterocycles. The second kappa shape index (κ2) is 5.20. The molecular weight excluding hydrogens is 134 g/mol. The highest BCUT2D eigenvalue weighted by Gasteiger charge is 2.11. The van der Waals surface area contributed by atoms with Gasteiger partial charge in [0, 0.05) is 0 Å². The van der Waals surface area contributed by atoms with Crippen molar-refractivity contribution in [2.75, 3.05) is 13.2 Å². The Morgan fingerprint density at radius 1 is 1.80 bits per heavy atom. The van der Waals surface area contributed by atoms with Crippen molar-refractivity contribution in [3.63, 3.8) is 0 Å². The largest absolute Gasteiger partial charge is 0.464 e. The van der Waals surface area contributed by atoms with Gasteiger partial charge in [-0.25, -0.2) is 0 Å². The lowest BCUT2D eigenvalue weighted by molar-refractivity contribution is -0.146. The van der Waals surface area contributed by atoms with Gasteiger partial charge >= 0.3 is 5.97 Å². The zero-order valence-electron chi connectivity index (χ0n) is 6.04. The molecule has 0 saturated heterocycles. The Labute approximate surface area is 60.0 Å². The van der Waals surface area contributed by atoms with Crippen LogP contribution in [0.1, 0.15) is 13.3 Å². The van der Waals surface area contributed by atoms with Crippen molar-refractivity contribution in [3.05, 3.63) is 0 Å². The van der Waals surface area contributed by atoms with E-state index in [0.717, 1.165) is 6.42 Å². The van der Waals surface area contributed by atoms with Crippen molar-refractivity contribution in [2.24, 2.45) is 5.73 Å². The fraction of sp³-hybridized carbons (Fsp3) is 0.833. The third-order valence-corrected chi connectivity index (χ3v) is 0.948. The first-order valence-corrected chi connectivity index (χ1v) is 3.25. The van der Waals surface area contributed by atoms with Crippen molar-refractivity contribution >= 4 is 5.97 Å². The number of ether oxygens (including phenoxy) is 1. The van der Waals surface area contributed by atoms with Crippen LogP contribution in [0.4, 0.5) is 0 Å². The van der Waals surface area contributed by atoms with Crippen molar-refractivity contribution in [3.8, 4) is 0 Å². The van der Waals surface area contributed by atoms with Crippen LogP contribution in [0.5, 0.6) is 0 Å². The average molecular weight is 147 g/mol. The Kier molecular flexibility index (Phi) is 4.88. The summed E-state index contributed by atoms with van der Waals surface area (Å²) in [7, 11) is 0. The van der Waals surface area contributed by atoms with Gasteiger partial charge in [0.2, 0.25) is 0 Å². The van der Waals surface area contributed by atoms with Crippen LogP contribution < -0.4 is 5.73 Å². The van der Waals surface area contributed by atoms with Gasteiger partial charge in [-0.15, -0.1) is 0 Å². The van der Waals surface area contributed by atoms with Crippen molar-refractivity contribution in [1.29, 1.82) is 0 Å². The van der Waals surface area contributed by atoms with Gasteiger partial charge in [-0.1, -0.05) is 6.92 Å². The second-order valence-corrected chi connectivity index (χ2v) is 1.96. The molecule has 0 unspecified atom stereocenters. The van der Waals surface area contributed by atoms with Crippen LogP contribution in [0.2, 0.25) is 0 Å². The van der Waals surface area contributed by atoms with E-state index in [0.29, 0.717) is 6.61 Å². The first-order valence-electron chi connectivity index (χ1n) is 3.25. The standard InChI is InChI=1S/C6H13NO3/c1-2-3-10-6(9)5(7)4-8/h5,8H,2-4,7H2,1H3/t5-/m1/s1. The number of hydrogen-bond acceptors (Lipinski definition) is 4. The van der Waals surface area contributed by atoms with Crippen LogP contribution in [-0.4, -0.2) is 30.3 Å². The number of aliphatic hydroxyl groups is 1. The third kappa shape index (κ3) is 3.42. The smallest absolute Gasteiger partial charge is 0.325 e.